The van der Waals surface area contributed by atoms with Crippen LogP contribution in [-0.4, -0.2) is 52.2 Å². The summed E-state index contributed by atoms with van der Waals surface area (Å²) in [5, 5.41) is 12.3. The molecular formula is C28H27FN4O5. The second kappa shape index (κ2) is 10.4. The molecule has 1 aromatic heterocycles. The van der Waals surface area contributed by atoms with Crippen molar-refractivity contribution in [2.45, 2.75) is 32.0 Å². The van der Waals surface area contributed by atoms with E-state index >= 15 is 0 Å². The zero-order valence-electron chi connectivity index (χ0n) is 20.7. The van der Waals surface area contributed by atoms with Crippen molar-refractivity contribution >= 4 is 40.4 Å². The Kier molecular flexibility index (Phi) is 6.87. The van der Waals surface area contributed by atoms with Crippen molar-refractivity contribution in [3.8, 4) is 5.75 Å². The van der Waals surface area contributed by atoms with Crippen LogP contribution >= 0.6 is 0 Å². The molecule has 2 atom stereocenters. The molecule has 1 saturated heterocycles. The molecule has 38 heavy (non-hydrogen) atoms. The molecule has 1 aliphatic heterocycles. The Labute approximate surface area is 218 Å². The topological polar surface area (TPSA) is 131 Å². The fourth-order valence-electron chi connectivity index (χ4n) is 4.56. The maximum atomic E-state index is 14.3. The lowest BCUT2D eigenvalue weighted by Crippen LogP contribution is -2.40. The van der Waals surface area contributed by atoms with Crippen LogP contribution in [0.15, 0.2) is 65.1 Å². The lowest BCUT2D eigenvalue weighted by molar-refractivity contribution is -0.132. The molecule has 5 rings (SSSR count). The molecule has 2 heterocycles. The summed E-state index contributed by atoms with van der Waals surface area (Å²) in [6.45, 7) is 2.00. The van der Waals surface area contributed by atoms with Crippen molar-refractivity contribution in [2.24, 2.45) is 0 Å². The number of benzene rings is 3. The van der Waals surface area contributed by atoms with Crippen LogP contribution < -0.4 is 15.8 Å². The first-order valence-corrected chi connectivity index (χ1v) is 12.2. The molecule has 1 fully saturated rings. The third-order valence-corrected chi connectivity index (χ3v) is 6.57. The molecule has 10 heteroatoms. The summed E-state index contributed by atoms with van der Waals surface area (Å²) in [5.74, 6) is -1.04. The number of amides is 1. The van der Waals surface area contributed by atoms with Gasteiger partial charge in [-0.15, -0.1) is 0 Å². The zero-order valence-corrected chi connectivity index (χ0v) is 20.7. The highest BCUT2D eigenvalue weighted by atomic mass is 19.1. The molecule has 3 aromatic carbocycles. The number of carboxylic acid groups (broad SMARTS) is 1. The second-order valence-electron chi connectivity index (χ2n) is 9.34. The van der Waals surface area contributed by atoms with E-state index in [1.165, 1.54) is 23.1 Å². The minimum Gasteiger partial charge on any atom is -0.489 e. The second-order valence-corrected chi connectivity index (χ2v) is 9.34. The van der Waals surface area contributed by atoms with Gasteiger partial charge in [0, 0.05) is 12.1 Å². The van der Waals surface area contributed by atoms with E-state index in [0.29, 0.717) is 17.1 Å². The molecule has 0 aliphatic carbocycles. The highest BCUT2D eigenvalue weighted by Crippen LogP contribution is 2.28. The fourth-order valence-corrected chi connectivity index (χ4v) is 4.56. The first kappa shape index (κ1) is 25.1. The number of aromatic nitrogens is 1. The number of ether oxygens (including phenoxy) is 1. The Morgan fingerprint density at radius 2 is 2.03 bits per heavy atom. The molecule has 4 aromatic rings. The SMILES string of the molecule is Cc1ccccc1Nc1nc2ccc(CC(=O)N3C[C@@H](F)C[C@H]3COc3ccc(C(=O)O)cc3N)cc2o1. The summed E-state index contributed by atoms with van der Waals surface area (Å²) < 4.78 is 25.9. The summed E-state index contributed by atoms with van der Waals surface area (Å²) in [5.41, 5.74) is 9.95. The van der Waals surface area contributed by atoms with Crippen molar-refractivity contribution in [3.63, 3.8) is 0 Å². The molecular weight excluding hydrogens is 491 g/mol. The Balaban J connectivity index is 1.25. The Hall–Kier alpha value is -4.60. The first-order valence-electron chi connectivity index (χ1n) is 12.2. The van der Waals surface area contributed by atoms with Crippen molar-refractivity contribution < 1.29 is 28.2 Å². The van der Waals surface area contributed by atoms with Crippen LogP contribution in [0.1, 0.15) is 27.9 Å². The third kappa shape index (κ3) is 5.39. The van der Waals surface area contributed by atoms with E-state index in [2.05, 4.69) is 10.3 Å². The van der Waals surface area contributed by atoms with Crippen LogP contribution in [0, 0.1) is 6.92 Å². The fraction of sp³-hybridized carbons (Fsp3) is 0.250. The van der Waals surface area contributed by atoms with E-state index in [9.17, 15) is 14.0 Å². The number of nitrogens with two attached hydrogens (primary N) is 1. The van der Waals surface area contributed by atoms with Gasteiger partial charge in [-0.05, 0) is 54.4 Å². The van der Waals surface area contributed by atoms with Crippen molar-refractivity contribution in [3.05, 3.63) is 77.4 Å². The van der Waals surface area contributed by atoms with Gasteiger partial charge in [-0.25, -0.2) is 9.18 Å². The molecule has 0 radical (unpaired) electrons. The van der Waals surface area contributed by atoms with Crippen molar-refractivity contribution in [1.82, 2.24) is 9.88 Å². The maximum Gasteiger partial charge on any atom is 0.335 e. The minimum absolute atomic E-state index is 0.0185. The molecule has 4 N–H and O–H groups in total. The smallest absolute Gasteiger partial charge is 0.335 e. The number of carboxylic acids is 1. The van der Waals surface area contributed by atoms with Gasteiger partial charge in [-0.3, -0.25) is 4.79 Å². The molecule has 9 nitrogen and oxygen atoms in total. The molecule has 0 spiro atoms. The van der Waals surface area contributed by atoms with Gasteiger partial charge >= 0.3 is 5.97 Å². The number of aryl methyl sites for hydroxylation is 1. The lowest BCUT2D eigenvalue weighted by Gasteiger charge is -2.25. The summed E-state index contributed by atoms with van der Waals surface area (Å²) in [6, 6.07) is 17.2. The molecule has 0 bridgehead atoms. The van der Waals surface area contributed by atoms with Gasteiger partial charge < -0.3 is 30.2 Å². The number of hydrogen-bond acceptors (Lipinski definition) is 7. The summed E-state index contributed by atoms with van der Waals surface area (Å²) in [4.78, 5) is 30.2. The number of fused-ring (bicyclic) bond motifs is 1. The summed E-state index contributed by atoms with van der Waals surface area (Å²) in [6.07, 6.45) is -0.949. The normalized spacial score (nSPS) is 17.1. The molecule has 0 saturated carbocycles. The standard InChI is InChI=1S/C28H27FN4O5/c1-16-4-2-3-5-22(16)31-28-32-23-8-6-17(10-25(23)38-28)11-26(34)33-14-19(29)13-20(33)15-37-24-9-7-18(27(35)36)12-21(24)30/h2-10,12,19-20H,11,13-15,30H2,1H3,(H,31,32)(H,35,36)/t19-,20-/m0/s1. The number of alkyl halides is 1. The summed E-state index contributed by atoms with van der Waals surface area (Å²) >= 11 is 0. The van der Waals surface area contributed by atoms with Gasteiger partial charge in [-0.2, -0.15) is 4.98 Å². The number of likely N-dealkylation sites (tertiary alicyclic amines) is 1. The van der Waals surface area contributed by atoms with E-state index in [0.717, 1.165) is 16.8 Å². The largest absolute Gasteiger partial charge is 0.489 e. The number of aromatic carboxylic acids is 1. The van der Waals surface area contributed by atoms with Crippen LogP contribution in [0.25, 0.3) is 11.1 Å². The quantitative estimate of drug-likeness (QED) is 0.286. The number of oxazole rings is 1. The van der Waals surface area contributed by atoms with Crippen molar-refractivity contribution in [2.75, 3.05) is 24.2 Å². The number of rotatable bonds is 8. The van der Waals surface area contributed by atoms with Gasteiger partial charge in [0.1, 0.15) is 24.0 Å². The average molecular weight is 519 g/mol. The monoisotopic (exact) mass is 518 g/mol. The number of nitrogen functional groups attached to an aromatic ring is 1. The van der Waals surface area contributed by atoms with E-state index in [-0.39, 0.29) is 48.9 Å². The highest BCUT2D eigenvalue weighted by Gasteiger charge is 2.35. The molecule has 1 amide bonds. The number of carbonyl (C=O) groups excluding carboxylic acids is 1. The number of nitrogens with zero attached hydrogens (tertiary/aromatic N) is 2. The number of nitrogens with one attached hydrogen (secondary N) is 1. The van der Waals surface area contributed by atoms with E-state index in [1.54, 1.807) is 18.2 Å². The average Bonchev–Trinajstić information content (AvgIpc) is 3.46. The van der Waals surface area contributed by atoms with E-state index in [4.69, 9.17) is 20.0 Å². The predicted octanol–water partition coefficient (Wildman–Crippen LogP) is 4.72. The van der Waals surface area contributed by atoms with Crippen LogP contribution in [0.3, 0.4) is 0 Å². The van der Waals surface area contributed by atoms with Crippen LogP contribution in [0.5, 0.6) is 5.75 Å². The van der Waals surface area contributed by atoms with Gasteiger partial charge in [0.15, 0.2) is 5.58 Å². The number of anilines is 3. The maximum absolute atomic E-state index is 14.3. The van der Waals surface area contributed by atoms with E-state index < -0.39 is 18.2 Å². The first-order chi connectivity index (χ1) is 18.3. The number of carbonyl (C=O) groups is 2. The van der Waals surface area contributed by atoms with Crippen LogP contribution in [0.2, 0.25) is 0 Å². The van der Waals surface area contributed by atoms with Gasteiger partial charge in [-0.1, -0.05) is 24.3 Å². The molecule has 1 aliphatic rings. The number of halogens is 1. The van der Waals surface area contributed by atoms with Crippen LogP contribution in [-0.2, 0) is 11.2 Å². The van der Waals surface area contributed by atoms with Crippen molar-refractivity contribution in [1.29, 1.82) is 0 Å². The molecule has 0 unspecified atom stereocenters. The van der Waals surface area contributed by atoms with Gasteiger partial charge in [0.25, 0.3) is 6.01 Å². The third-order valence-electron chi connectivity index (χ3n) is 6.57. The Morgan fingerprint density at radius 1 is 1.21 bits per heavy atom. The van der Waals surface area contributed by atoms with Gasteiger partial charge in [0.05, 0.1) is 30.3 Å². The Morgan fingerprint density at radius 3 is 2.79 bits per heavy atom. The van der Waals surface area contributed by atoms with E-state index in [1.807, 2.05) is 31.2 Å². The predicted molar refractivity (Wildman–Crippen MR) is 140 cm³/mol. The molecule has 196 valence electrons. The number of para-hydroxylation sites is 1. The number of hydrogen-bond donors (Lipinski definition) is 3. The van der Waals surface area contributed by atoms with Gasteiger partial charge in [0.2, 0.25) is 5.91 Å². The zero-order chi connectivity index (χ0) is 26.8. The Bertz CT molecular complexity index is 1500. The minimum atomic E-state index is -1.16. The highest BCUT2D eigenvalue weighted by molar-refractivity contribution is 5.89. The summed E-state index contributed by atoms with van der Waals surface area (Å²) in [7, 11) is 0. The van der Waals surface area contributed by atoms with Crippen LogP contribution in [0.4, 0.5) is 21.8 Å². The lowest BCUT2D eigenvalue weighted by atomic mass is 10.1.